The molecule has 1 aliphatic heterocycles. The molecule has 22 heavy (non-hydrogen) atoms. The predicted octanol–water partition coefficient (Wildman–Crippen LogP) is 1.57. The zero-order valence-corrected chi connectivity index (χ0v) is 11.5. The van der Waals surface area contributed by atoms with Crippen LogP contribution in [0.1, 0.15) is 12.0 Å². The highest BCUT2D eigenvalue weighted by Crippen LogP contribution is 2.25. The number of ether oxygens (including phenoxy) is 1. The summed E-state index contributed by atoms with van der Waals surface area (Å²) in [5.74, 6) is -2.69. The fraction of sp³-hybridized carbons (Fsp3) is 0.500. The van der Waals surface area contributed by atoms with Gasteiger partial charge < -0.3 is 15.2 Å². The second kappa shape index (κ2) is 6.21. The molecular weight excluding hydrogens is 306 g/mol. The van der Waals surface area contributed by atoms with E-state index in [0.717, 1.165) is 0 Å². The highest BCUT2D eigenvalue weighted by molar-refractivity contribution is 5.75. The number of carbonyl (C=O) groups is 1. The van der Waals surface area contributed by atoms with Crippen LogP contribution in [0.3, 0.4) is 0 Å². The Morgan fingerprint density at radius 1 is 1.36 bits per heavy atom. The van der Waals surface area contributed by atoms with E-state index in [-0.39, 0.29) is 25.9 Å². The van der Waals surface area contributed by atoms with Gasteiger partial charge in [-0.2, -0.15) is 13.2 Å². The maximum atomic E-state index is 12.8. The third-order valence-electron chi connectivity index (χ3n) is 3.39. The monoisotopic (exact) mass is 321 g/mol. The highest BCUT2D eigenvalue weighted by atomic mass is 19.4. The summed E-state index contributed by atoms with van der Waals surface area (Å²) in [6, 6.07) is 5.43. The van der Waals surface area contributed by atoms with Gasteiger partial charge in [-0.1, -0.05) is 12.1 Å². The first-order valence-corrected chi connectivity index (χ1v) is 6.63. The van der Waals surface area contributed by atoms with E-state index in [1.807, 2.05) is 0 Å². The number of rotatable bonds is 3. The number of aliphatic hydroxyl groups is 1. The SMILES string of the molecule is O=C(OC1CNCC(O)(Cc2ccc(F)cc2)C1)C(F)(F)F. The molecule has 8 heteroatoms. The molecule has 2 N–H and O–H groups in total. The lowest BCUT2D eigenvalue weighted by atomic mass is 9.86. The first-order chi connectivity index (χ1) is 10.2. The van der Waals surface area contributed by atoms with Gasteiger partial charge in [-0.3, -0.25) is 0 Å². The fourth-order valence-corrected chi connectivity index (χ4v) is 2.45. The smallest absolute Gasteiger partial charge is 0.454 e. The normalized spacial score (nSPS) is 25.8. The largest absolute Gasteiger partial charge is 0.490 e. The molecule has 4 nitrogen and oxygen atoms in total. The van der Waals surface area contributed by atoms with Crippen molar-refractivity contribution >= 4 is 5.97 Å². The van der Waals surface area contributed by atoms with Gasteiger partial charge >= 0.3 is 12.1 Å². The summed E-state index contributed by atoms with van der Waals surface area (Å²) in [5, 5.41) is 13.2. The number of halogens is 4. The van der Waals surface area contributed by atoms with Crippen molar-refractivity contribution < 1.29 is 32.2 Å². The summed E-state index contributed by atoms with van der Waals surface area (Å²) >= 11 is 0. The van der Waals surface area contributed by atoms with Gasteiger partial charge in [-0.05, 0) is 17.7 Å². The zero-order valence-electron chi connectivity index (χ0n) is 11.5. The Bertz CT molecular complexity index is 532. The van der Waals surface area contributed by atoms with Crippen molar-refractivity contribution in [1.82, 2.24) is 5.32 Å². The second-order valence-corrected chi connectivity index (χ2v) is 5.39. The summed E-state index contributed by atoms with van der Waals surface area (Å²) in [6.45, 7) is 0.179. The molecule has 2 unspecified atom stereocenters. The minimum atomic E-state index is -5.06. The molecule has 2 atom stereocenters. The molecule has 1 saturated heterocycles. The number of hydrogen-bond acceptors (Lipinski definition) is 4. The average molecular weight is 321 g/mol. The van der Waals surface area contributed by atoms with Crippen LogP contribution >= 0.6 is 0 Å². The number of β-amino-alcohol motifs (C(OH)–C–C–N with tert-alkyl or cyclic N) is 1. The van der Waals surface area contributed by atoms with Crippen LogP contribution in [0.2, 0.25) is 0 Å². The molecule has 0 saturated carbocycles. The van der Waals surface area contributed by atoms with Crippen LogP contribution in [0, 0.1) is 5.82 Å². The minimum Gasteiger partial charge on any atom is -0.454 e. The third-order valence-corrected chi connectivity index (χ3v) is 3.39. The Balaban J connectivity index is 1.99. The topological polar surface area (TPSA) is 58.6 Å². The molecule has 1 fully saturated rings. The number of benzene rings is 1. The molecule has 0 radical (unpaired) electrons. The molecular formula is C14H15F4NO3. The van der Waals surface area contributed by atoms with Crippen LogP contribution in [-0.4, -0.2) is 42.0 Å². The number of nitrogens with one attached hydrogen (secondary N) is 1. The van der Waals surface area contributed by atoms with Crippen molar-refractivity contribution in [3.63, 3.8) is 0 Å². The summed E-state index contributed by atoms with van der Waals surface area (Å²) in [5.41, 5.74) is -0.736. The highest BCUT2D eigenvalue weighted by Gasteiger charge is 2.44. The van der Waals surface area contributed by atoms with Gasteiger partial charge in [0, 0.05) is 25.9 Å². The molecule has 0 amide bonds. The summed E-state index contributed by atoms with van der Waals surface area (Å²) in [6.07, 6.45) is -6.15. The molecule has 0 aromatic heterocycles. The Morgan fingerprint density at radius 2 is 2.00 bits per heavy atom. The van der Waals surface area contributed by atoms with Gasteiger partial charge in [-0.15, -0.1) is 0 Å². The number of alkyl halides is 3. The van der Waals surface area contributed by atoms with E-state index >= 15 is 0 Å². The van der Waals surface area contributed by atoms with E-state index in [2.05, 4.69) is 10.1 Å². The van der Waals surface area contributed by atoms with Crippen LogP contribution < -0.4 is 5.32 Å². The lowest BCUT2D eigenvalue weighted by molar-refractivity contribution is -0.208. The van der Waals surface area contributed by atoms with Crippen LogP contribution in [-0.2, 0) is 16.0 Å². The summed E-state index contributed by atoms with van der Waals surface area (Å²) in [7, 11) is 0. The quantitative estimate of drug-likeness (QED) is 0.655. The molecule has 1 aromatic carbocycles. The molecule has 0 spiro atoms. The van der Waals surface area contributed by atoms with Crippen molar-refractivity contribution in [2.75, 3.05) is 13.1 Å². The first-order valence-electron chi connectivity index (χ1n) is 6.63. The number of piperidine rings is 1. The van der Waals surface area contributed by atoms with Crippen molar-refractivity contribution in [2.45, 2.75) is 30.7 Å². The van der Waals surface area contributed by atoms with E-state index < -0.39 is 29.7 Å². The average Bonchev–Trinajstić information content (AvgIpc) is 2.40. The van der Waals surface area contributed by atoms with Crippen molar-refractivity contribution in [3.8, 4) is 0 Å². The van der Waals surface area contributed by atoms with E-state index in [1.54, 1.807) is 0 Å². The predicted molar refractivity (Wildman–Crippen MR) is 68.5 cm³/mol. The molecule has 122 valence electrons. The van der Waals surface area contributed by atoms with Gasteiger partial charge in [0.25, 0.3) is 0 Å². The summed E-state index contributed by atoms with van der Waals surface area (Å²) < 4.78 is 53.8. The van der Waals surface area contributed by atoms with E-state index in [1.165, 1.54) is 24.3 Å². The van der Waals surface area contributed by atoms with E-state index in [9.17, 15) is 27.5 Å². The van der Waals surface area contributed by atoms with Crippen LogP contribution in [0.15, 0.2) is 24.3 Å². The third kappa shape index (κ3) is 4.41. The van der Waals surface area contributed by atoms with Crippen LogP contribution in [0.5, 0.6) is 0 Å². The molecule has 1 aromatic rings. The first kappa shape index (κ1) is 16.7. The standard InChI is InChI=1S/C14H15F4NO3/c15-10-3-1-9(2-4-10)5-13(21)6-11(7-19-8-13)22-12(20)14(16,17)18/h1-4,11,19,21H,5-8H2. The van der Waals surface area contributed by atoms with Crippen molar-refractivity contribution in [3.05, 3.63) is 35.6 Å². The number of carbonyl (C=O) groups excluding carboxylic acids is 1. The van der Waals surface area contributed by atoms with Gasteiger partial charge in [0.2, 0.25) is 0 Å². The van der Waals surface area contributed by atoms with Gasteiger partial charge in [-0.25, -0.2) is 9.18 Å². The Labute approximate surface area is 124 Å². The molecule has 0 aliphatic carbocycles. The van der Waals surface area contributed by atoms with Gasteiger partial charge in [0.05, 0.1) is 5.60 Å². The lowest BCUT2D eigenvalue weighted by Crippen LogP contribution is -2.54. The van der Waals surface area contributed by atoms with Crippen LogP contribution in [0.4, 0.5) is 17.6 Å². The Hall–Kier alpha value is -1.67. The molecule has 1 heterocycles. The Morgan fingerprint density at radius 3 is 2.59 bits per heavy atom. The number of hydrogen-bond donors (Lipinski definition) is 2. The summed E-state index contributed by atoms with van der Waals surface area (Å²) in [4.78, 5) is 10.8. The van der Waals surface area contributed by atoms with Crippen molar-refractivity contribution in [1.29, 1.82) is 0 Å². The van der Waals surface area contributed by atoms with Crippen LogP contribution in [0.25, 0.3) is 0 Å². The van der Waals surface area contributed by atoms with Gasteiger partial charge in [0.1, 0.15) is 11.9 Å². The zero-order chi connectivity index (χ0) is 16.4. The maximum absolute atomic E-state index is 12.8. The Kier molecular flexibility index (Phi) is 4.72. The molecule has 1 aliphatic rings. The van der Waals surface area contributed by atoms with Crippen molar-refractivity contribution in [2.24, 2.45) is 0 Å². The van der Waals surface area contributed by atoms with E-state index in [4.69, 9.17) is 0 Å². The lowest BCUT2D eigenvalue weighted by Gasteiger charge is -2.37. The number of esters is 1. The second-order valence-electron chi connectivity index (χ2n) is 5.39. The van der Waals surface area contributed by atoms with E-state index in [0.29, 0.717) is 5.56 Å². The maximum Gasteiger partial charge on any atom is 0.490 e. The van der Waals surface area contributed by atoms with Gasteiger partial charge in [0.15, 0.2) is 0 Å². The molecule has 0 bridgehead atoms. The fourth-order valence-electron chi connectivity index (χ4n) is 2.45. The minimum absolute atomic E-state index is 0.0353. The molecule has 2 rings (SSSR count).